The molecule has 2 fully saturated rings. The van der Waals surface area contributed by atoms with Gasteiger partial charge in [0, 0.05) is 24.7 Å². The van der Waals surface area contributed by atoms with E-state index in [1.165, 1.54) is 31.2 Å². The van der Waals surface area contributed by atoms with Gasteiger partial charge in [-0.25, -0.2) is 0 Å². The van der Waals surface area contributed by atoms with Crippen LogP contribution in [0.25, 0.3) is 0 Å². The molecule has 4 atom stereocenters. The van der Waals surface area contributed by atoms with Crippen LogP contribution in [-0.4, -0.2) is 50.3 Å². The van der Waals surface area contributed by atoms with Gasteiger partial charge in [0.05, 0.1) is 6.61 Å². The van der Waals surface area contributed by atoms with Crippen molar-refractivity contribution in [2.24, 2.45) is 0 Å². The number of rotatable bonds is 4. The molecule has 1 aliphatic heterocycles. The molecule has 0 aromatic heterocycles. The molecule has 3 rings (SSSR count). The molecule has 0 amide bonds. The molecule has 1 saturated carbocycles. The highest BCUT2D eigenvalue weighted by Gasteiger charge is 2.36. The monoisotopic (exact) mass is 288 g/mol. The second kappa shape index (κ2) is 6.91. The van der Waals surface area contributed by atoms with E-state index in [2.05, 4.69) is 54.6 Å². The number of benzene rings is 1. The zero-order valence-corrected chi connectivity index (χ0v) is 13.3. The van der Waals surface area contributed by atoms with Gasteiger partial charge >= 0.3 is 0 Å². The highest BCUT2D eigenvalue weighted by atomic mass is 16.5. The molecule has 1 aliphatic carbocycles. The van der Waals surface area contributed by atoms with Gasteiger partial charge in [0.1, 0.15) is 0 Å². The SMILES string of the molecule is CNC1CCC(c2ccccc2)CC1N(C)C1CCOC1. The molecular formula is C18H28N2O. The fourth-order valence-electron chi connectivity index (χ4n) is 4.08. The lowest BCUT2D eigenvalue weighted by atomic mass is 9.78. The molecule has 0 bridgehead atoms. The van der Waals surface area contributed by atoms with Crippen LogP contribution in [0, 0.1) is 0 Å². The van der Waals surface area contributed by atoms with Crippen molar-refractivity contribution in [2.45, 2.75) is 49.7 Å². The molecule has 1 heterocycles. The van der Waals surface area contributed by atoms with Gasteiger partial charge in [0.2, 0.25) is 0 Å². The van der Waals surface area contributed by atoms with Crippen molar-refractivity contribution in [1.82, 2.24) is 10.2 Å². The standard InChI is InChI=1S/C18H28N2O/c1-19-17-9-8-15(14-6-4-3-5-7-14)12-18(17)20(2)16-10-11-21-13-16/h3-7,15-19H,8-13H2,1-2H3. The average Bonchev–Trinajstić information content (AvgIpc) is 3.09. The number of likely N-dealkylation sites (N-methyl/N-ethyl adjacent to an activating group) is 2. The van der Waals surface area contributed by atoms with Crippen LogP contribution in [0.4, 0.5) is 0 Å². The summed E-state index contributed by atoms with van der Waals surface area (Å²) in [7, 11) is 4.40. The van der Waals surface area contributed by atoms with Gasteiger partial charge in [-0.2, -0.15) is 0 Å². The first-order chi connectivity index (χ1) is 10.3. The summed E-state index contributed by atoms with van der Waals surface area (Å²) in [5.74, 6) is 0.700. The molecule has 3 heteroatoms. The van der Waals surface area contributed by atoms with Crippen molar-refractivity contribution in [2.75, 3.05) is 27.3 Å². The Kier molecular flexibility index (Phi) is 4.94. The Morgan fingerprint density at radius 3 is 2.62 bits per heavy atom. The zero-order chi connectivity index (χ0) is 14.7. The summed E-state index contributed by atoms with van der Waals surface area (Å²) in [5, 5.41) is 3.55. The maximum absolute atomic E-state index is 5.59. The fourth-order valence-corrected chi connectivity index (χ4v) is 4.08. The van der Waals surface area contributed by atoms with Gasteiger partial charge in [-0.05, 0) is 51.3 Å². The van der Waals surface area contributed by atoms with E-state index in [4.69, 9.17) is 4.74 Å². The van der Waals surface area contributed by atoms with E-state index in [9.17, 15) is 0 Å². The summed E-state index contributed by atoms with van der Waals surface area (Å²) in [5.41, 5.74) is 1.51. The minimum Gasteiger partial charge on any atom is -0.380 e. The van der Waals surface area contributed by atoms with Gasteiger partial charge in [0.15, 0.2) is 0 Å². The van der Waals surface area contributed by atoms with Crippen molar-refractivity contribution in [1.29, 1.82) is 0 Å². The molecule has 0 radical (unpaired) electrons. The Bertz CT molecular complexity index is 430. The number of hydrogen-bond acceptors (Lipinski definition) is 3. The Labute approximate surface area is 128 Å². The minimum absolute atomic E-state index is 0.598. The molecular weight excluding hydrogens is 260 g/mol. The summed E-state index contributed by atoms with van der Waals surface area (Å²) < 4.78 is 5.59. The van der Waals surface area contributed by atoms with E-state index in [1.807, 2.05) is 0 Å². The third-order valence-electron chi connectivity index (χ3n) is 5.46. The molecule has 2 aliphatic rings. The van der Waals surface area contributed by atoms with Crippen LogP contribution in [0.5, 0.6) is 0 Å². The van der Waals surface area contributed by atoms with Crippen LogP contribution in [0.2, 0.25) is 0 Å². The lowest BCUT2D eigenvalue weighted by Gasteiger charge is -2.43. The van der Waals surface area contributed by atoms with Crippen molar-refractivity contribution < 1.29 is 4.74 Å². The van der Waals surface area contributed by atoms with Gasteiger partial charge in [0.25, 0.3) is 0 Å². The molecule has 3 nitrogen and oxygen atoms in total. The predicted octanol–water partition coefficient (Wildman–Crippen LogP) is 2.63. The van der Waals surface area contributed by atoms with E-state index in [0.29, 0.717) is 24.0 Å². The summed E-state index contributed by atoms with van der Waals surface area (Å²) in [4.78, 5) is 2.59. The highest BCUT2D eigenvalue weighted by molar-refractivity contribution is 5.21. The Morgan fingerprint density at radius 1 is 1.14 bits per heavy atom. The van der Waals surface area contributed by atoms with E-state index in [0.717, 1.165) is 13.2 Å². The maximum atomic E-state index is 5.59. The molecule has 4 unspecified atom stereocenters. The van der Waals surface area contributed by atoms with Crippen molar-refractivity contribution in [3.8, 4) is 0 Å². The molecule has 0 spiro atoms. The van der Waals surface area contributed by atoms with Crippen LogP contribution in [0.3, 0.4) is 0 Å². The van der Waals surface area contributed by atoms with Gasteiger partial charge < -0.3 is 10.1 Å². The third kappa shape index (κ3) is 3.31. The topological polar surface area (TPSA) is 24.5 Å². The lowest BCUT2D eigenvalue weighted by Crippen LogP contribution is -2.54. The van der Waals surface area contributed by atoms with Crippen molar-refractivity contribution >= 4 is 0 Å². The van der Waals surface area contributed by atoms with Crippen LogP contribution < -0.4 is 5.32 Å². The van der Waals surface area contributed by atoms with Gasteiger partial charge in [-0.1, -0.05) is 30.3 Å². The average molecular weight is 288 g/mol. The molecule has 1 saturated heterocycles. The molecule has 21 heavy (non-hydrogen) atoms. The van der Waals surface area contributed by atoms with Gasteiger partial charge in [-0.15, -0.1) is 0 Å². The lowest BCUT2D eigenvalue weighted by molar-refractivity contribution is 0.0876. The van der Waals surface area contributed by atoms with Crippen LogP contribution >= 0.6 is 0 Å². The smallest absolute Gasteiger partial charge is 0.0622 e. The summed E-state index contributed by atoms with van der Waals surface area (Å²) in [6, 6.07) is 12.9. The van der Waals surface area contributed by atoms with E-state index in [1.54, 1.807) is 0 Å². The Morgan fingerprint density at radius 2 is 1.95 bits per heavy atom. The van der Waals surface area contributed by atoms with Crippen molar-refractivity contribution in [3.05, 3.63) is 35.9 Å². The highest BCUT2D eigenvalue weighted by Crippen LogP contribution is 2.36. The number of hydrogen-bond donors (Lipinski definition) is 1. The predicted molar refractivity (Wildman–Crippen MR) is 86.7 cm³/mol. The third-order valence-corrected chi connectivity index (χ3v) is 5.46. The minimum atomic E-state index is 0.598. The van der Waals surface area contributed by atoms with Gasteiger partial charge in [-0.3, -0.25) is 4.90 Å². The normalized spacial score (nSPS) is 33.5. The second-order valence-corrected chi connectivity index (χ2v) is 6.57. The van der Waals surface area contributed by atoms with Crippen LogP contribution in [0.1, 0.15) is 37.2 Å². The Hall–Kier alpha value is -0.900. The summed E-state index contributed by atoms with van der Waals surface area (Å²) >= 11 is 0. The summed E-state index contributed by atoms with van der Waals surface area (Å²) in [6.45, 7) is 1.83. The van der Waals surface area contributed by atoms with E-state index in [-0.39, 0.29) is 0 Å². The second-order valence-electron chi connectivity index (χ2n) is 6.57. The summed E-state index contributed by atoms with van der Waals surface area (Å²) in [6.07, 6.45) is 4.99. The van der Waals surface area contributed by atoms with E-state index >= 15 is 0 Å². The van der Waals surface area contributed by atoms with Crippen LogP contribution in [-0.2, 0) is 4.74 Å². The van der Waals surface area contributed by atoms with E-state index < -0.39 is 0 Å². The fraction of sp³-hybridized carbons (Fsp3) is 0.667. The largest absolute Gasteiger partial charge is 0.380 e. The quantitative estimate of drug-likeness (QED) is 0.922. The molecule has 1 aromatic carbocycles. The first-order valence-corrected chi connectivity index (χ1v) is 8.31. The molecule has 116 valence electrons. The molecule has 1 aromatic rings. The Balaban J connectivity index is 1.72. The zero-order valence-electron chi connectivity index (χ0n) is 13.3. The van der Waals surface area contributed by atoms with Crippen molar-refractivity contribution in [3.63, 3.8) is 0 Å². The first-order valence-electron chi connectivity index (χ1n) is 8.31. The first kappa shape index (κ1) is 15.0. The number of ether oxygens (including phenoxy) is 1. The molecule has 1 N–H and O–H groups in total. The number of nitrogens with zero attached hydrogens (tertiary/aromatic N) is 1. The number of nitrogens with one attached hydrogen (secondary N) is 1. The maximum Gasteiger partial charge on any atom is 0.0622 e. The van der Waals surface area contributed by atoms with Crippen LogP contribution in [0.15, 0.2) is 30.3 Å².